The SMILES string of the molecule is CCCCCN1CC=C[C@]23O[C@@H]4/C=C\CCC(=O)OC[C@@H](c5ccccc5)NC(=O)[C@@H]4[C@H]2C(=O)N(CCCCCO)[C@@H]3C1=O. The number of fused-ring (bicyclic) bond motifs is 2. The van der Waals surface area contributed by atoms with E-state index in [1.807, 2.05) is 42.5 Å². The van der Waals surface area contributed by atoms with Crippen LogP contribution in [0.15, 0.2) is 54.6 Å². The summed E-state index contributed by atoms with van der Waals surface area (Å²) in [5.41, 5.74) is -0.532. The molecule has 0 bridgehead atoms. The number of esters is 1. The molecular formula is C34H45N3O7. The van der Waals surface area contributed by atoms with Gasteiger partial charge in [0.2, 0.25) is 17.7 Å². The summed E-state index contributed by atoms with van der Waals surface area (Å²) in [4.78, 5) is 58.8. The van der Waals surface area contributed by atoms with Crippen LogP contribution in [0, 0.1) is 11.8 Å². The molecule has 4 heterocycles. The van der Waals surface area contributed by atoms with Crippen LogP contribution >= 0.6 is 0 Å². The second-order valence-electron chi connectivity index (χ2n) is 12.2. The van der Waals surface area contributed by atoms with E-state index in [4.69, 9.17) is 9.47 Å². The first-order valence-electron chi connectivity index (χ1n) is 16.1. The van der Waals surface area contributed by atoms with Gasteiger partial charge in [0.1, 0.15) is 18.2 Å². The van der Waals surface area contributed by atoms with Gasteiger partial charge in [-0.05, 0) is 37.7 Å². The summed E-state index contributed by atoms with van der Waals surface area (Å²) in [6.45, 7) is 3.48. The van der Waals surface area contributed by atoms with E-state index >= 15 is 0 Å². The normalized spacial score (nSPS) is 31.3. The second kappa shape index (κ2) is 14.5. The van der Waals surface area contributed by atoms with E-state index < -0.39 is 35.6 Å². The first kappa shape index (κ1) is 31.9. The molecule has 10 heteroatoms. The number of carbonyl (C=O) groups excluding carboxylic acids is 4. The number of aliphatic hydroxyl groups is 1. The number of carbonyl (C=O) groups is 4. The van der Waals surface area contributed by atoms with Crippen molar-refractivity contribution in [3.63, 3.8) is 0 Å². The maximum atomic E-state index is 14.4. The highest BCUT2D eigenvalue weighted by Crippen LogP contribution is 2.53. The van der Waals surface area contributed by atoms with E-state index in [1.54, 1.807) is 22.0 Å². The molecule has 4 aliphatic heterocycles. The number of rotatable bonds is 10. The molecule has 44 heavy (non-hydrogen) atoms. The molecule has 1 aromatic carbocycles. The van der Waals surface area contributed by atoms with E-state index in [1.165, 1.54) is 0 Å². The number of nitrogens with zero attached hydrogens (tertiary/aromatic N) is 2. The summed E-state index contributed by atoms with van der Waals surface area (Å²) in [5.74, 6) is -2.97. The van der Waals surface area contributed by atoms with Gasteiger partial charge in [0.05, 0.1) is 24.0 Å². The van der Waals surface area contributed by atoms with Crippen molar-refractivity contribution in [2.24, 2.45) is 11.8 Å². The Morgan fingerprint density at radius 2 is 1.77 bits per heavy atom. The van der Waals surface area contributed by atoms with Crippen LogP contribution in [0.4, 0.5) is 0 Å². The van der Waals surface area contributed by atoms with Crippen molar-refractivity contribution >= 4 is 23.7 Å². The van der Waals surface area contributed by atoms with E-state index in [0.717, 1.165) is 24.8 Å². The topological polar surface area (TPSA) is 125 Å². The molecular weight excluding hydrogens is 562 g/mol. The number of allylic oxidation sites excluding steroid dienone is 1. The first-order chi connectivity index (χ1) is 21.4. The Bertz CT molecular complexity index is 1250. The predicted octanol–water partition coefficient (Wildman–Crippen LogP) is 3.07. The first-order valence-corrected chi connectivity index (χ1v) is 16.1. The molecule has 4 aliphatic rings. The quantitative estimate of drug-likeness (QED) is 0.238. The Balaban J connectivity index is 1.52. The summed E-state index contributed by atoms with van der Waals surface area (Å²) >= 11 is 0. The van der Waals surface area contributed by atoms with Crippen molar-refractivity contribution in [3.05, 3.63) is 60.2 Å². The maximum absolute atomic E-state index is 14.4. The Hall–Kier alpha value is -3.50. The molecule has 2 fully saturated rings. The number of unbranched alkanes of at least 4 members (excludes halogenated alkanes) is 4. The lowest BCUT2D eigenvalue weighted by Crippen LogP contribution is -2.55. The van der Waals surface area contributed by atoms with Crippen molar-refractivity contribution in [3.8, 4) is 0 Å². The molecule has 5 rings (SSSR count). The van der Waals surface area contributed by atoms with Crippen molar-refractivity contribution in [2.75, 3.05) is 32.8 Å². The lowest BCUT2D eigenvalue weighted by Gasteiger charge is -2.35. The van der Waals surface area contributed by atoms with Crippen LogP contribution in [0.3, 0.4) is 0 Å². The van der Waals surface area contributed by atoms with E-state index in [0.29, 0.717) is 45.3 Å². The molecule has 0 aliphatic carbocycles. The minimum Gasteiger partial charge on any atom is -0.463 e. The van der Waals surface area contributed by atoms with Crippen molar-refractivity contribution in [1.82, 2.24) is 15.1 Å². The third-order valence-corrected chi connectivity index (χ3v) is 9.24. The van der Waals surface area contributed by atoms with E-state index in [-0.39, 0.29) is 43.3 Å². The fourth-order valence-electron chi connectivity index (χ4n) is 7.05. The third-order valence-electron chi connectivity index (χ3n) is 9.24. The van der Waals surface area contributed by atoms with Crippen molar-refractivity contribution in [1.29, 1.82) is 0 Å². The average Bonchev–Trinajstić information content (AvgIpc) is 3.41. The molecule has 0 unspecified atom stereocenters. The van der Waals surface area contributed by atoms with Gasteiger partial charge in [-0.25, -0.2) is 0 Å². The predicted molar refractivity (Wildman–Crippen MR) is 163 cm³/mol. The molecule has 2 N–H and O–H groups in total. The largest absolute Gasteiger partial charge is 0.463 e. The summed E-state index contributed by atoms with van der Waals surface area (Å²) in [5, 5.41) is 12.4. The molecule has 3 amide bonds. The lowest BCUT2D eigenvalue weighted by atomic mass is 9.77. The van der Waals surface area contributed by atoms with Crippen LogP contribution in [0.1, 0.15) is 69.9 Å². The molecule has 0 aromatic heterocycles. The zero-order valence-corrected chi connectivity index (χ0v) is 25.6. The number of likely N-dealkylation sites (tertiary alicyclic amines) is 1. The molecule has 10 nitrogen and oxygen atoms in total. The molecule has 1 spiro atoms. The monoisotopic (exact) mass is 607 g/mol. The van der Waals surface area contributed by atoms with Crippen LogP contribution in [-0.4, -0.2) is 89.2 Å². The highest BCUT2D eigenvalue weighted by atomic mass is 16.5. The number of aliphatic hydroxyl groups excluding tert-OH is 1. The van der Waals surface area contributed by atoms with Gasteiger partial charge in [0, 0.05) is 32.7 Å². The van der Waals surface area contributed by atoms with Gasteiger partial charge >= 0.3 is 5.97 Å². The van der Waals surface area contributed by atoms with E-state index in [9.17, 15) is 24.3 Å². The summed E-state index contributed by atoms with van der Waals surface area (Å²) in [6.07, 6.45) is 12.0. The second-order valence-corrected chi connectivity index (χ2v) is 12.2. The van der Waals surface area contributed by atoms with Gasteiger partial charge in [0.15, 0.2) is 0 Å². The number of hydrogen-bond acceptors (Lipinski definition) is 7. The van der Waals surface area contributed by atoms with E-state index in [2.05, 4.69) is 12.2 Å². The third kappa shape index (κ3) is 6.47. The van der Waals surface area contributed by atoms with Crippen molar-refractivity contribution < 1.29 is 33.8 Å². The molecule has 0 saturated carbocycles. The van der Waals surface area contributed by atoms with Gasteiger partial charge in [0.25, 0.3) is 0 Å². The smallest absolute Gasteiger partial charge is 0.306 e. The fourth-order valence-corrected chi connectivity index (χ4v) is 7.05. The van der Waals surface area contributed by atoms with Crippen molar-refractivity contribution in [2.45, 2.75) is 82.1 Å². The van der Waals surface area contributed by atoms with Gasteiger partial charge in [-0.2, -0.15) is 0 Å². The highest BCUT2D eigenvalue weighted by molar-refractivity contribution is 5.99. The van der Waals surface area contributed by atoms with Gasteiger partial charge in [-0.3, -0.25) is 19.2 Å². The van der Waals surface area contributed by atoms with Gasteiger partial charge in [-0.1, -0.05) is 74.4 Å². The molecule has 1 aromatic rings. The highest BCUT2D eigenvalue weighted by Gasteiger charge is 2.71. The number of amides is 3. The van der Waals surface area contributed by atoms with Gasteiger partial charge in [-0.15, -0.1) is 0 Å². The maximum Gasteiger partial charge on any atom is 0.306 e. The summed E-state index contributed by atoms with van der Waals surface area (Å²) in [6, 6.07) is 7.79. The molecule has 2 saturated heterocycles. The zero-order valence-electron chi connectivity index (χ0n) is 25.6. The van der Waals surface area contributed by atoms with Crippen LogP contribution in [0.5, 0.6) is 0 Å². The number of benzene rings is 1. The minimum absolute atomic E-state index is 0.0367. The Kier molecular flexibility index (Phi) is 10.5. The zero-order chi connectivity index (χ0) is 31.1. The lowest BCUT2D eigenvalue weighted by molar-refractivity contribution is -0.148. The number of ether oxygens (including phenoxy) is 2. The van der Waals surface area contributed by atoms with Crippen LogP contribution in [0.25, 0.3) is 0 Å². The molecule has 0 radical (unpaired) electrons. The summed E-state index contributed by atoms with van der Waals surface area (Å²) < 4.78 is 12.3. The average molecular weight is 608 g/mol. The minimum atomic E-state index is -1.31. The molecule has 6 atom stereocenters. The number of hydrogen-bond donors (Lipinski definition) is 2. The van der Waals surface area contributed by atoms with Crippen LogP contribution in [0.2, 0.25) is 0 Å². The standard InChI is InChI=1S/C34H45N3O7/c1-2-3-10-19-36-20-13-18-34-29(32(41)37(30(34)33(36)42)21-11-5-12-22-38)28-26(44-34)16-8-9-17-27(39)43-23-25(35-31(28)40)24-14-6-4-7-15-24/h4,6-8,13-16,18,25-26,28-30,38H,2-3,5,9-12,17,19-23H2,1H3,(H,35,40)/b16-8-/t25-,26+,28-,29-,30+,34-/m0/s1. The number of cyclic esters (lactones) is 1. The molecule has 238 valence electrons. The summed E-state index contributed by atoms with van der Waals surface area (Å²) in [7, 11) is 0. The fraction of sp³-hybridized carbons (Fsp3) is 0.588. The van der Waals surface area contributed by atoms with Crippen LogP contribution in [-0.2, 0) is 28.7 Å². The Labute approximate surface area is 259 Å². The van der Waals surface area contributed by atoms with Gasteiger partial charge < -0.3 is 29.7 Å². The Morgan fingerprint density at radius 3 is 2.55 bits per heavy atom. The Morgan fingerprint density at radius 1 is 0.977 bits per heavy atom. The number of nitrogens with one attached hydrogen (secondary N) is 1. The van der Waals surface area contributed by atoms with Crippen LogP contribution < -0.4 is 5.32 Å².